The molecule has 0 aromatic heterocycles. The Labute approximate surface area is 207 Å². The van der Waals surface area contributed by atoms with Gasteiger partial charge in [-0.15, -0.1) is 0 Å². The molecule has 2 amide bonds. The minimum absolute atomic E-state index is 0.0441. The van der Waals surface area contributed by atoms with Crippen molar-refractivity contribution in [3.8, 4) is 5.75 Å². The molecule has 0 unspecified atom stereocenters. The second-order valence-corrected chi connectivity index (χ2v) is 8.94. The second kappa shape index (κ2) is 10.6. The summed E-state index contributed by atoms with van der Waals surface area (Å²) in [5.41, 5.74) is 3.83. The number of nitrogens with zero attached hydrogens (tertiary/aromatic N) is 2. The molecule has 0 bridgehead atoms. The van der Waals surface area contributed by atoms with Crippen molar-refractivity contribution in [2.24, 2.45) is 4.99 Å². The van der Waals surface area contributed by atoms with E-state index in [4.69, 9.17) is 4.74 Å². The molecule has 8 heteroatoms. The van der Waals surface area contributed by atoms with Gasteiger partial charge in [0.05, 0.1) is 24.2 Å². The Kier molecular flexibility index (Phi) is 7.31. The highest BCUT2D eigenvalue weighted by atomic mass is 32.2. The summed E-state index contributed by atoms with van der Waals surface area (Å²) < 4.78 is 19.1. The first-order valence-electron chi connectivity index (χ1n) is 10.9. The Hall–Kier alpha value is -3.91. The number of anilines is 2. The lowest BCUT2D eigenvalue weighted by atomic mass is 10.1. The fourth-order valence-electron chi connectivity index (χ4n) is 3.64. The predicted molar refractivity (Wildman–Crippen MR) is 139 cm³/mol. The van der Waals surface area contributed by atoms with Crippen LogP contribution in [-0.2, 0) is 9.59 Å². The average molecular weight is 490 g/mol. The highest BCUT2D eigenvalue weighted by Gasteiger charge is 2.32. The molecule has 1 N–H and O–H groups in total. The van der Waals surface area contributed by atoms with Gasteiger partial charge in [0.25, 0.3) is 5.91 Å². The van der Waals surface area contributed by atoms with Gasteiger partial charge in [-0.05, 0) is 73.0 Å². The first-order valence-corrected chi connectivity index (χ1v) is 11.9. The normalized spacial score (nSPS) is 14.3. The summed E-state index contributed by atoms with van der Waals surface area (Å²) in [5, 5.41) is 2.94. The van der Waals surface area contributed by atoms with E-state index in [1.54, 1.807) is 37.5 Å². The summed E-state index contributed by atoms with van der Waals surface area (Å²) in [6.07, 6.45) is 1.70. The van der Waals surface area contributed by atoms with Crippen LogP contribution in [0.4, 0.5) is 15.8 Å². The molecule has 0 saturated heterocycles. The first kappa shape index (κ1) is 24.2. The van der Waals surface area contributed by atoms with Crippen molar-refractivity contribution in [3.63, 3.8) is 0 Å². The highest BCUT2D eigenvalue weighted by molar-refractivity contribution is 8.14. The lowest BCUT2D eigenvalue weighted by molar-refractivity contribution is -0.114. The first-order chi connectivity index (χ1) is 16.8. The number of rotatable bonds is 6. The van der Waals surface area contributed by atoms with Crippen molar-refractivity contribution in [3.05, 3.63) is 94.9 Å². The summed E-state index contributed by atoms with van der Waals surface area (Å²) in [6, 6.07) is 19.1. The van der Waals surface area contributed by atoms with Gasteiger partial charge < -0.3 is 10.1 Å². The van der Waals surface area contributed by atoms with Gasteiger partial charge >= 0.3 is 0 Å². The zero-order valence-electron chi connectivity index (χ0n) is 19.5. The lowest BCUT2D eigenvalue weighted by Crippen LogP contribution is -2.31. The van der Waals surface area contributed by atoms with Crippen LogP contribution < -0.4 is 15.0 Å². The number of nitrogens with one attached hydrogen (secondary N) is 1. The molecule has 1 aliphatic rings. The van der Waals surface area contributed by atoms with E-state index in [-0.39, 0.29) is 23.0 Å². The SMILES string of the molecule is COc1ccc(/C=C2/N=C(SCC(=O)Nc3ccccc3F)N(c3cc(C)cc(C)c3)C2=O)cc1. The van der Waals surface area contributed by atoms with Crippen LogP contribution in [-0.4, -0.2) is 29.8 Å². The molecule has 178 valence electrons. The van der Waals surface area contributed by atoms with Crippen LogP contribution in [0.2, 0.25) is 0 Å². The van der Waals surface area contributed by atoms with Gasteiger partial charge in [0.1, 0.15) is 17.3 Å². The number of methoxy groups -OCH3 is 1. The van der Waals surface area contributed by atoms with Crippen LogP contribution in [0, 0.1) is 19.7 Å². The lowest BCUT2D eigenvalue weighted by Gasteiger charge is -2.19. The molecule has 0 atom stereocenters. The Morgan fingerprint density at radius 1 is 1.09 bits per heavy atom. The molecule has 0 radical (unpaired) electrons. The van der Waals surface area contributed by atoms with E-state index in [1.807, 2.05) is 44.2 Å². The Bertz CT molecular complexity index is 1320. The molecule has 0 fully saturated rings. The van der Waals surface area contributed by atoms with Crippen LogP contribution in [0.3, 0.4) is 0 Å². The van der Waals surface area contributed by atoms with Crippen molar-refractivity contribution < 1.29 is 18.7 Å². The summed E-state index contributed by atoms with van der Waals surface area (Å²) in [6.45, 7) is 3.91. The van der Waals surface area contributed by atoms with E-state index < -0.39 is 11.7 Å². The summed E-state index contributed by atoms with van der Waals surface area (Å²) in [5.74, 6) is -0.536. The summed E-state index contributed by atoms with van der Waals surface area (Å²) in [7, 11) is 1.59. The van der Waals surface area contributed by atoms with Gasteiger partial charge in [-0.3, -0.25) is 14.5 Å². The number of carbonyl (C=O) groups is 2. The van der Waals surface area contributed by atoms with E-state index in [0.29, 0.717) is 16.6 Å². The molecule has 4 rings (SSSR count). The third-order valence-electron chi connectivity index (χ3n) is 5.19. The molecular formula is C27H24FN3O3S. The average Bonchev–Trinajstić information content (AvgIpc) is 3.14. The maximum absolute atomic E-state index is 13.9. The van der Waals surface area contributed by atoms with Gasteiger partial charge in [0.15, 0.2) is 5.17 Å². The third-order valence-corrected chi connectivity index (χ3v) is 6.13. The number of aliphatic imine (C=N–C) groups is 1. The molecule has 1 aliphatic heterocycles. The molecule has 0 spiro atoms. The van der Waals surface area contributed by atoms with Crippen molar-refractivity contribution in [2.45, 2.75) is 13.8 Å². The number of amidine groups is 1. The Morgan fingerprint density at radius 2 is 1.77 bits per heavy atom. The predicted octanol–water partition coefficient (Wildman–Crippen LogP) is 5.57. The van der Waals surface area contributed by atoms with E-state index in [1.165, 1.54) is 17.0 Å². The van der Waals surface area contributed by atoms with Gasteiger partial charge in [0.2, 0.25) is 5.91 Å². The number of carbonyl (C=O) groups excluding carboxylic acids is 2. The fraction of sp³-hybridized carbons (Fsp3) is 0.148. The van der Waals surface area contributed by atoms with Crippen molar-refractivity contribution in [1.29, 1.82) is 0 Å². The van der Waals surface area contributed by atoms with Crippen LogP contribution in [0.15, 0.2) is 77.4 Å². The largest absolute Gasteiger partial charge is 0.497 e. The summed E-state index contributed by atoms with van der Waals surface area (Å²) >= 11 is 1.12. The maximum Gasteiger partial charge on any atom is 0.283 e. The monoisotopic (exact) mass is 489 g/mol. The number of benzene rings is 3. The summed E-state index contributed by atoms with van der Waals surface area (Å²) in [4.78, 5) is 32.0. The van der Waals surface area contributed by atoms with Crippen LogP contribution >= 0.6 is 11.8 Å². The number of thioether (sulfide) groups is 1. The van der Waals surface area contributed by atoms with Crippen LogP contribution in [0.1, 0.15) is 16.7 Å². The molecule has 0 saturated carbocycles. The smallest absolute Gasteiger partial charge is 0.283 e. The van der Waals surface area contributed by atoms with Gasteiger partial charge in [-0.25, -0.2) is 9.38 Å². The highest BCUT2D eigenvalue weighted by Crippen LogP contribution is 2.31. The maximum atomic E-state index is 13.9. The Balaban J connectivity index is 1.60. The van der Waals surface area contributed by atoms with Crippen molar-refractivity contribution in [1.82, 2.24) is 0 Å². The zero-order chi connectivity index (χ0) is 24.9. The minimum Gasteiger partial charge on any atom is -0.497 e. The van der Waals surface area contributed by atoms with Gasteiger partial charge in [0, 0.05) is 0 Å². The van der Waals surface area contributed by atoms with Gasteiger partial charge in [-0.1, -0.05) is 42.1 Å². The molecular weight excluding hydrogens is 465 g/mol. The fourth-order valence-corrected chi connectivity index (χ4v) is 4.45. The quantitative estimate of drug-likeness (QED) is 0.460. The van der Waals surface area contributed by atoms with E-state index in [0.717, 1.165) is 28.5 Å². The third kappa shape index (κ3) is 5.78. The standard InChI is InChI=1S/C27H24FN3O3S/c1-17-12-18(2)14-20(13-17)31-26(33)24(15-19-8-10-21(34-3)11-9-19)30-27(31)35-16-25(32)29-23-7-5-4-6-22(23)28/h4-15H,16H2,1-3H3,(H,29,32)/b24-15+. The van der Waals surface area contributed by atoms with Gasteiger partial charge in [-0.2, -0.15) is 0 Å². The van der Waals surface area contributed by atoms with Crippen LogP contribution in [0.25, 0.3) is 6.08 Å². The molecule has 3 aromatic rings. The number of aryl methyl sites for hydroxylation is 2. The number of hydrogen-bond donors (Lipinski definition) is 1. The minimum atomic E-state index is -0.513. The number of para-hydroxylation sites is 1. The number of halogens is 1. The topological polar surface area (TPSA) is 71.0 Å². The van der Waals surface area contributed by atoms with Crippen LogP contribution in [0.5, 0.6) is 5.75 Å². The zero-order valence-corrected chi connectivity index (χ0v) is 20.4. The molecule has 35 heavy (non-hydrogen) atoms. The molecule has 1 heterocycles. The number of ether oxygens (including phenoxy) is 1. The Morgan fingerprint density at radius 3 is 2.43 bits per heavy atom. The van der Waals surface area contributed by atoms with Crippen molar-refractivity contribution >= 4 is 46.2 Å². The van der Waals surface area contributed by atoms with E-state index in [2.05, 4.69) is 10.3 Å². The van der Waals surface area contributed by atoms with E-state index in [9.17, 15) is 14.0 Å². The second-order valence-electron chi connectivity index (χ2n) is 8.00. The van der Waals surface area contributed by atoms with E-state index >= 15 is 0 Å². The molecule has 3 aromatic carbocycles. The molecule has 0 aliphatic carbocycles. The van der Waals surface area contributed by atoms with Crippen molar-refractivity contribution in [2.75, 3.05) is 23.1 Å². The number of hydrogen-bond acceptors (Lipinski definition) is 5. The number of amides is 2. The molecule has 6 nitrogen and oxygen atoms in total.